The highest BCUT2D eigenvalue weighted by Crippen LogP contribution is 2.24. The molecule has 3 N–H and O–H groups in total. The second-order valence-electron chi connectivity index (χ2n) is 8.36. The number of halogens is 1. The minimum atomic E-state index is -1.04. The van der Waals surface area contributed by atoms with Gasteiger partial charge in [0.05, 0.1) is 5.56 Å². The Labute approximate surface area is 213 Å². The van der Waals surface area contributed by atoms with E-state index in [1.165, 1.54) is 12.1 Å². The molecule has 3 aromatic rings. The number of aryl methyl sites for hydroxylation is 1. The van der Waals surface area contributed by atoms with Crippen LogP contribution in [0.1, 0.15) is 64.5 Å². The van der Waals surface area contributed by atoms with Crippen molar-refractivity contribution in [2.75, 3.05) is 0 Å². The normalized spacial score (nSPS) is 11.7. The maximum atomic E-state index is 13.8. The number of amides is 3. The van der Waals surface area contributed by atoms with E-state index in [9.17, 15) is 24.7 Å². The third-order valence-electron chi connectivity index (χ3n) is 5.76. The maximum Gasteiger partial charge on any atom is 0.348 e. The molecule has 0 bridgehead atoms. The predicted octanol–water partition coefficient (Wildman–Crippen LogP) is 4.19. The fraction of sp³-hybridized carbons (Fsp3) is 0.320. The van der Waals surface area contributed by atoms with E-state index in [0.29, 0.717) is 18.7 Å². The molecule has 0 aliphatic carbocycles. The van der Waals surface area contributed by atoms with Crippen LogP contribution in [0.15, 0.2) is 48.8 Å². The summed E-state index contributed by atoms with van der Waals surface area (Å²) in [6.45, 7) is 3.90. The molecule has 0 aliphatic rings. The Morgan fingerprint density at radius 2 is 1.78 bits per heavy atom. The highest BCUT2D eigenvalue weighted by atomic mass is 35.5. The Bertz CT molecular complexity index is 1210. The van der Waals surface area contributed by atoms with Gasteiger partial charge in [-0.2, -0.15) is 0 Å². The summed E-state index contributed by atoms with van der Waals surface area (Å²) in [7, 11) is 0. The summed E-state index contributed by atoms with van der Waals surface area (Å²) in [6, 6.07) is 8.18. The smallest absolute Gasteiger partial charge is 0.348 e. The van der Waals surface area contributed by atoms with Gasteiger partial charge in [-0.15, -0.1) is 0 Å². The van der Waals surface area contributed by atoms with Gasteiger partial charge in [-0.1, -0.05) is 37.1 Å². The van der Waals surface area contributed by atoms with E-state index in [4.69, 9.17) is 11.6 Å². The molecule has 2 heterocycles. The number of urea groups is 1. The molecule has 0 fully saturated rings. The summed E-state index contributed by atoms with van der Waals surface area (Å²) in [5, 5.41) is 18.5. The molecule has 0 saturated carbocycles. The topological polar surface area (TPSA) is 138 Å². The number of benzene rings is 1. The van der Waals surface area contributed by atoms with Gasteiger partial charge in [-0.25, -0.2) is 20.1 Å². The molecule has 0 spiro atoms. The molecular formula is C25H28ClN5O5. The van der Waals surface area contributed by atoms with E-state index < -0.39 is 23.9 Å². The van der Waals surface area contributed by atoms with Gasteiger partial charge in [-0.05, 0) is 55.2 Å². The summed E-state index contributed by atoms with van der Waals surface area (Å²) in [5.41, 5.74) is 3.28. The van der Waals surface area contributed by atoms with Gasteiger partial charge >= 0.3 is 12.0 Å². The molecule has 1 unspecified atom stereocenters. The number of aromatic carboxylic acids is 1. The zero-order valence-electron chi connectivity index (χ0n) is 20.0. The number of imide groups is 1. The summed E-state index contributed by atoms with van der Waals surface area (Å²) in [4.78, 5) is 46.9. The molecule has 36 heavy (non-hydrogen) atoms. The second-order valence-corrected chi connectivity index (χ2v) is 8.72. The molecular weight excluding hydrogens is 486 g/mol. The highest BCUT2D eigenvalue weighted by Gasteiger charge is 2.33. The zero-order valence-corrected chi connectivity index (χ0v) is 20.8. The number of carbonyl (C=O) groups is 3. The molecule has 10 nitrogen and oxygen atoms in total. The highest BCUT2D eigenvalue weighted by molar-refractivity contribution is 6.32. The van der Waals surface area contributed by atoms with Crippen molar-refractivity contribution in [3.05, 3.63) is 82.2 Å². The van der Waals surface area contributed by atoms with Crippen LogP contribution in [0, 0.1) is 0 Å². The van der Waals surface area contributed by atoms with Crippen LogP contribution in [0.2, 0.25) is 5.15 Å². The SMILES string of the molecule is CCCCc1nc(Cl)c(C(=O)N(C(=O)NO)C(C)Cc2ccncc2)n1Cc1ccc(C(=O)O)cc1. The minimum Gasteiger partial charge on any atom is -0.478 e. The lowest BCUT2D eigenvalue weighted by Gasteiger charge is -2.27. The van der Waals surface area contributed by atoms with Gasteiger partial charge < -0.3 is 9.67 Å². The number of nitrogens with one attached hydrogen (secondary N) is 1. The molecule has 190 valence electrons. The van der Waals surface area contributed by atoms with Gasteiger partial charge in [0, 0.05) is 31.4 Å². The van der Waals surface area contributed by atoms with E-state index in [-0.39, 0.29) is 23.0 Å². The molecule has 0 aliphatic heterocycles. The Morgan fingerprint density at radius 1 is 1.11 bits per heavy atom. The summed E-state index contributed by atoms with van der Waals surface area (Å²) in [6.07, 6.45) is 5.80. The first kappa shape index (κ1) is 26.8. The maximum absolute atomic E-state index is 13.8. The van der Waals surface area contributed by atoms with Gasteiger partial charge in [0.2, 0.25) is 0 Å². The monoisotopic (exact) mass is 513 g/mol. The first-order valence-electron chi connectivity index (χ1n) is 11.5. The lowest BCUT2D eigenvalue weighted by Crippen LogP contribution is -2.49. The number of aromatic nitrogens is 3. The first-order chi connectivity index (χ1) is 17.3. The quantitative estimate of drug-likeness (QED) is 0.273. The second kappa shape index (κ2) is 12.3. The average molecular weight is 514 g/mol. The van der Waals surface area contributed by atoms with E-state index in [0.717, 1.165) is 28.9 Å². The molecule has 2 aromatic heterocycles. The van der Waals surface area contributed by atoms with Crippen LogP contribution in [-0.4, -0.2) is 53.7 Å². The predicted molar refractivity (Wildman–Crippen MR) is 132 cm³/mol. The standard InChI is InChI=1S/C25H28ClN5O5/c1-3-4-5-20-28-22(26)21(30(20)15-18-6-8-19(9-7-18)24(33)34)23(32)31(25(35)29-36)16(2)14-17-10-12-27-13-11-17/h6-13,16,36H,3-5,14-15H2,1-2H3,(H,29,35)(H,33,34). The third-order valence-corrected chi connectivity index (χ3v) is 6.02. The molecule has 1 atom stereocenters. The van der Waals surface area contributed by atoms with Crippen LogP contribution < -0.4 is 5.48 Å². The van der Waals surface area contributed by atoms with Crippen molar-refractivity contribution in [1.29, 1.82) is 0 Å². The molecule has 0 saturated heterocycles. The number of hydroxylamine groups is 1. The van der Waals surface area contributed by atoms with Crippen LogP contribution in [-0.2, 0) is 19.4 Å². The third kappa shape index (κ3) is 6.27. The Morgan fingerprint density at radius 3 is 2.36 bits per heavy atom. The van der Waals surface area contributed by atoms with Gasteiger partial charge in [0.1, 0.15) is 11.5 Å². The molecule has 3 rings (SSSR count). The molecule has 3 amide bonds. The largest absolute Gasteiger partial charge is 0.478 e. The molecule has 11 heteroatoms. The van der Waals surface area contributed by atoms with Crippen LogP contribution in [0.25, 0.3) is 0 Å². The van der Waals surface area contributed by atoms with Gasteiger partial charge in [-0.3, -0.25) is 19.9 Å². The number of unbranched alkanes of at least 4 members (excludes halogenated alkanes) is 1. The number of carboxylic acid groups (broad SMARTS) is 1. The van der Waals surface area contributed by atoms with Crippen molar-refractivity contribution in [1.82, 2.24) is 24.9 Å². The Hall–Kier alpha value is -3.76. The van der Waals surface area contributed by atoms with Crippen LogP contribution in [0.5, 0.6) is 0 Å². The van der Waals surface area contributed by atoms with E-state index >= 15 is 0 Å². The summed E-state index contributed by atoms with van der Waals surface area (Å²) >= 11 is 6.45. The average Bonchev–Trinajstić information content (AvgIpc) is 3.17. The molecule has 0 radical (unpaired) electrons. The number of rotatable bonds is 10. The number of pyridine rings is 1. The van der Waals surface area contributed by atoms with E-state index in [2.05, 4.69) is 9.97 Å². The Kier molecular flexibility index (Phi) is 9.15. The number of imidazole rings is 1. The van der Waals surface area contributed by atoms with Crippen molar-refractivity contribution < 1.29 is 24.7 Å². The summed E-state index contributed by atoms with van der Waals surface area (Å²) < 4.78 is 1.65. The molecule has 1 aromatic carbocycles. The van der Waals surface area contributed by atoms with Crippen molar-refractivity contribution in [3.63, 3.8) is 0 Å². The zero-order chi connectivity index (χ0) is 26.2. The minimum absolute atomic E-state index is 0.00950. The van der Waals surface area contributed by atoms with Crippen LogP contribution in [0.3, 0.4) is 0 Å². The fourth-order valence-corrected chi connectivity index (χ4v) is 4.19. The number of carbonyl (C=O) groups excluding carboxylic acids is 2. The summed E-state index contributed by atoms with van der Waals surface area (Å²) in [5.74, 6) is -1.19. The number of hydrogen-bond donors (Lipinski definition) is 3. The van der Waals surface area contributed by atoms with Crippen molar-refractivity contribution >= 4 is 29.5 Å². The van der Waals surface area contributed by atoms with Crippen molar-refractivity contribution in [3.8, 4) is 0 Å². The number of hydrogen-bond acceptors (Lipinski definition) is 6. The lowest BCUT2D eigenvalue weighted by molar-refractivity contribution is 0.0668. The van der Waals surface area contributed by atoms with E-state index in [1.807, 2.05) is 6.92 Å². The van der Waals surface area contributed by atoms with Crippen LogP contribution in [0.4, 0.5) is 4.79 Å². The lowest BCUT2D eigenvalue weighted by atomic mass is 10.1. The first-order valence-corrected chi connectivity index (χ1v) is 11.9. The van der Waals surface area contributed by atoms with Crippen molar-refractivity contribution in [2.24, 2.45) is 0 Å². The van der Waals surface area contributed by atoms with Crippen LogP contribution >= 0.6 is 11.6 Å². The number of carboxylic acids is 1. The van der Waals surface area contributed by atoms with Crippen molar-refractivity contribution in [2.45, 2.75) is 52.1 Å². The van der Waals surface area contributed by atoms with Gasteiger partial charge in [0.25, 0.3) is 5.91 Å². The van der Waals surface area contributed by atoms with Gasteiger partial charge in [0.15, 0.2) is 5.15 Å². The Balaban J connectivity index is 2.01. The fourth-order valence-electron chi connectivity index (χ4n) is 3.91. The number of nitrogens with zero attached hydrogens (tertiary/aromatic N) is 4. The van der Waals surface area contributed by atoms with E-state index in [1.54, 1.807) is 53.6 Å².